The molecule has 0 bridgehead atoms. The Balaban J connectivity index is 2.07. The van der Waals surface area contributed by atoms with Crippen molar-refractivity contribution in [3.63, 3.8) is 0 Å². The highest BCUT2D eigenvalue weighted by atomic mass is 15.3. The first-order valence-electron chi connectivity index (χ1n) is 4.82. The molecule has 1 fully saturated rings. The van der Waals surface area contributed by atoms with Crippen molar-refractivity contribution in [1.29, 1.82) is 0 Å². The Morgan fingerprint density at radius 2 is 2.20 bits per heavy atom. The molecule has 2 N–H and O–H groups in total. The maximum absolute atomic E-state index is 5.65. The van der Waals surface area contributed by atoms with E-state index in [1.165, 1.54) is 19.2 Å². The molecule has 1 aliphatic carbocycles. The number of hydrogen-bond donors (Lipinski definition) is 1. The van der Waals surface area contributed by atoms with Crippen molar-refractivity contribution in [3.05, 3.63) is 24.4 Å². The second-order valence-corrected chi connectivity index (χ2v) is 3.62. The third-order valence-corrected chi connectivity index (χ3v) is 2.40. The summed E-state index contributed by atoms with van der Waals surface area (Å²) < 4.78 is 1.59. The first-order chi connectivity index (χ1) is 7.33. The van der Waals surface area contributed by atoms with Crippen LogP contribution >= 0.6 is 0 Å². The van der Waals surface area contributed by atoms with Crippen molar-refractivity contribution in [2.75, 3.05) is 5.73 Å². The van der Waals surface area contributed by atoms with Crippen LogP contribution in [0.1, 0.15) is 24.5 Å². The van der Waals surface area contributed by atoms with Crippen LogP contribution in [0.15, 0.2) is 18.7 Å². The quantitative estimate of drug-likeness (QED) is 0.767. The SMILES string of the molecule is Nc1nc(C2CC2)cc(-n2cncn2)n1. The van der Waals surface area contributed by atoms with E-state index in [4.69, 9.17) is 5.73 Å². The number of nitrogens with zero attached hydrogens (tertiary/aromatic N) is 5. The molecule has 1 saturated carbocycles. The van der Waals surface area contributed by atoms with Gasteiger partial charge in [0, 0.05) is 12.0 Å². The summed E-state index contributed by atoms with van der Waals surface area (Å²) in [5.74, 6) is 1.53. The van der Waals surface area contributed by atoms with Crippen molar-refractivity contribution >= 4 is 5.95 Å². The van der Waals surface area contributed by atoms with Gasteiger partial charge in [-0.2, -0.15) is 10.1 Å². The Labute approximate surface area is 86.2 Å². The van der Waals surface area contributed by atoms with Gasteiger partial charge in [0.2, 0.25) is 5.95 Å². The van der Waals surface area contributed by atoms with Gasteiger partial charge >= 0.3 is 0 Å². The van der Waals surface area contributed by atoms with Crippen LogP contribution in [0.5, 0.6) is 0 Å². The third kappa shape index (κ3) is 1.54. The van der Waals surface area contributed by atoms with Crippen LogP contribution in [0.2, 0.25) is 0 Å². The summed E-state index contributed by atoms with van der Waals surface area (Å²) in [4.78, 5) is 12.2. The van der Waals surface area contributed by atoms with Crippen molar-refractivity contribution in [1.82, 2.24) is 24.7 Å². The highest BCUT2D eigenvalue weighted by molar-refractivity contribution is 5.33. The van der Waals surface area contributed by atoms with Gasteiger partial charge in [-0.15, -0.1) is 0 Å². The lowest BCUT2D eigenvalue weighted by Gasteiger charge is -2.03. The van der Waals surface area contributed by atoms with E-state index < -0.39 is 0 Å². The van der Waals surface area contributed by atoms with Crippen LogP contribution in [0.25, 0.3) is 5.82 Å². The fourth-order valence-corrected chi connectivity index (χ4v) is 1.50. The number of nitrogen functional groups attached to an aromatic ring is 1. The van der Waals surface area contributed by atoms with E-state index in [-0.39, 0.29) is 0 Å². The average molecular weight is 202 g/mol. The molecule has 2 aromatic heterocycles. The summed E-state index contributed by atoms with van der Waals surface area (Å²) in [7, 11) is 0. The molecule has 1 aliphatic rings. The lowest BCUT2D eigenvalue weighted by Crippen LogP contribution is -2.05. The highest BCUT2D eigenvalue weighted by Gasteiger charge is 2.26. The number of hydrogen-bond acceptors (Lipinski definition) is 5. The largest absolute Gasteiger partial charge is 0.368 e. The van der Waals surface area contributed by atoms with Gasteiger partial charge in [0.05, 0.1) is 5.69 Å². The molecule has 3 rings (SSSR count). The normalized spacial score (nSPS) is 15.5. The van der Waals surface area contributed by atoms with Crippen LogP contribution in [-0.4, -0.2) is 24.7 Å². The molecule has 0 unspecified atom stereocenters. The first-order valence-corrected chi connectivity index (χ1v) is 4.82. The van der Waals surface area contributed by atoms with Crippen LogP contribution < -0.4 is 5.73 Å². The monoisotopic (exact) mass is 202 g/mol. The van der Waals surface area contributed by atoms with Gasteiger partial charge in [-0.25, -0.2) is 14.6 Å². The fourth-order valence-electron chi connectivity index (χ4n) is 1.50. The maximum Gasteiger partial charge on any atom is 0.222 e. The average Bonchev–Trinajstić information content (AvgIpc) is 2.93. The molecule has 76 valence electrons. The minimum absolute atomic E-state index is 0.296. The van der Waals surface area contributed by atoms with Gasteiger partial charge in [-0.3, -0.25) is 0 Å². The molecule has 0 radical (unpaired) electrons. The second kappa shape index (κ2) is 3.01. The third-order valence-electron chi connectivity index (χ3n) is 2.40. The Kier molecular flexibility index (Phi) is 1.67. The zero-order valence-electron chi connectivity index (χ0n) is 8.04. The van der Waals surface area contributed by atoms with Gasteiger partial charge in [0.15, 0.2) is 5.82 Å². The van der Waals surface area contributed by atoms with Crippen LogP contribution in [0, 0.1) is 0 Å². The zero-order valence-corrected chi connectivity index (χ0v) is 8.04. The van der Waals surface area contributed by atoms with E-state index in [0.29, 0.717) is 17.7 Å². The summed E-state index contributed by atoms with van der Waals surface area (Å²) in [6.45, 7) is 0. The molecular weight excluding hydrogens is 192 g/mol. The zero-order chi connectivity index (χ0) is 10.3. The lowest BCUT2D eigenvalue weighted by atomic mass is 10.3. The molecule has 0 spiro atoms. The molecule has 0 aliphatic heterocycles. The fraction of sp³-hybridized carbons (Fsp3) is 0.333. The molecule has 0 aromatic carbocycles. The van der Waals surface area contributed by atoms with E-state index in [2.05, 4.69) is 20.1 Å². The van der Waals surface area contributed by atoms with Crippen LogP contribution in [-0.2, 0) is 0 Å². The van der Waals surface area contributed by atoms with Gasteiger partial charge in [0.1, 0.15) is 12.7 Å². The molecule has 0 amide bonds. The second-order valence-electron chi connectivity index (χ2n) is 3.62. The standard InChI is InChI=1S/C9H10N6/c10-9-13-7(6-1-2-6)3-8(14-9)15-5-11-4-12-15/h3-6H,1-2H2,(H2,10,13,14). The molecule has 15 heavy (non-hydrogen) atoms. The summed E-state index contributed by atoms with van der Waals surface area (Å²) in [6.07, 6.45) is 5.44. The maximum atomic E-state index is 5.65. The minimum atomic E-state index is 0.296. The van der Waals surface area contributed by atoms with E-state index in [0.717, 1.165) is 5.69 Å². The molecule has 2 aromatic rings. The van der Waals surface area contributed by atoms with Crippen molar-refractivity contribution in [2.24, 2.45) is 0 Å². The lowest BCUT2D eigenvalue weighted by molar-refractivity contribution is 0.830. The smallest absolute Gasteiger partial charge is 0.222 e. The molecular formula is C9H10N6. The Bertz CT molecular complexity index is 473. The summed E-state index contributed by atoms with van der Waals surface area (Å²) >= 11 is 0. The van der Waals surface area contributed by atoms with Crippen molar-refractivity contribution in [2.45, 2.75) is 18.8 Å². The summed E-state index contributed by atoms with van der Waals surface area (Å²) in [6, 6.07) is 1.92. The van der Waals surface area contributed by atoms with Gasteiger partial charge in [-0.1, -0.05) is 0 Å². The summed E-state index contributed by atoms with van der Waals surface area (Å²) in [5.41, 5.74) is 6.65. The van der Waals surface area contributed by atoms with E-state index in [1.54, 1.807) is 11.0 Å². The topological polar surface area (TPSA) is 82.5 Å². The molecule has 6 nitrogen and oxygen atoms in total. The number of anilines is 1. The van der Waals surface area contributed by atoms with Crippen molar-refractivity contribution < 1.29 is 0 Å². The van der Waals surface area contributed by atoms with Crippen LogP contribution in [0.4, 0.5) is 5.95 Å². The van der Waals surface area contributed by atoms with Gasteiger partial charge in [-0.05, 0) is 12.8 Å². The number of aromatic nitrogens is 5. The number of nitrogens with two attached hydrogens (primary N) is 1. The first kappa shape index (κ1) is 8.34. The predicted octanol–water partition coefficient (Wildman–Crippen LogP) is 0.517. The highest BCUT2D eigenvalue weighted by Crippen LogP contribution is 2.39. The van der Waals surface area contributed by atoms with Crippen LogP contribution in [0.3, 0.4) is 0 Å². The Morgan fingerprint density at radius 3 is 2.87 bits per heavy atom. The molecule has 2 heterocycles. The summed E-state index contributed by atoms with van der Waals surface area (Å²) in [5, 5.41) is 4.01. The van der Waals surface area contributed by atoms with E-state index in [9.17, 15) is 0 Å². The van der Waals surface area contributed by atoms with E-state index in [1.807, 2.05) is 6.07 Å². The predicted molar refractivity (Wildman–Crippen MR) is 53.3 cm³/mol. The minimum Gasteiger partial charge on any atom is -0.368 e. The molecule has 6 heteroatoms. The Hall–Kier alpha value is -1.98. The van der Waals surface area contributed by atoms with E-state index >= 15 is 0 Å². The van der Waals surface area contributed by atoms with Gasteiger partial charge < -0.3 is 5.73 Å². The molecule has 0 atom stereocenters. The Morgan fingerprint density at radius 1 is 1.33 bits per heavy atom. The van der Waals surface area contributed by atoms with Gasteiger partial charge in [0.25, 0.3) is 0 Å². The van der Waals surface area contributed by atoms with Crippen molar-refractivity contribution in [3.8, 4) is 5.82 Å². The molecule has 0 saturated heterocycles. The number of rotatable bonds is 2.